The van der Waals surface area contributed by atoms with Gasteiger partial charge in [0, 0.05) is 0 Å². The maximum absolute atomic E-state index is 12.4. The summed E-state index contributed by atoms with van der Waals surface area (Å²) in [6, 6.07) is 10.1. The van der Waals surface area contributed by atoms with Gasteiger partial charge in [0.15, 0.2) is 5.41 Å². The highest BCUT2D eigenvalue weighted by Gasteiger charge is 2.45. The topological polar surface area (TPSA) is 61.8 Å². The van der Waals surface area contributed by atoms with Gasteiger partial charge in [-0.1, -0.05) is 41.5 Å². The van der Waals surface area contributed by atoms with Gasteiger partial charge in [-0.05, 0) is 52.5 Å². The summed E-state index contributed by atoms with van der Waals surface area (Å²) in [6.45, 7) is 8.11. The highest BCUT2D eigenvalue weighted by molar-refractivity contribution is 5.99. The van der Waals surface area contributed by atoms with Crippen LogP contribution in [0.2, 0.25) is 0 Å². The fraction of sp³-hybridized carbons (Fsp3) is 0.545. The second-order valence-electron chi connectivity index (χ2n) is 7.16. The Morgan fingerprint density at radius 2 is 1.59 bits per heavy atom. The van der Waals surface area contributed by atoms with E-state index in [0.29, 0.717) is 13.0 Å². The Bertz CT molecular complexity index is 651. The number of benzene rings is 1. The Labute approximate surface area is 161 Å². The van der Waals surface area contributed by atoms with E-state index < -0.39 is 17.4 Å². The number of rotatable bonds is 9. The minimum Gasteiger partial charge on any atom is -0.465 e. The van der Waals surface area contributed by atoms with Crippen molar-refractivity contribution in [1.82, 2.24) is 0 Å². The van der Waals surface area contributed by atoms with Crippen LogP contribution in [0.1, 0.15) is 52.5 Å². The molecular weight excluding hydrogens is 344 g/mol. The van der Waals surface area contributed by atoms with E-state index in [1.165, 1.54) is 5.57 Å². The minimum atomic E-state index is -1.31. The molecule has 27 heavy (non-hydrogen) atoms. The van der Waals surface area contributed by atoms with Gasteiger partial charge in [0.2, 0.25) is 0 Å². The van der Waals surface area contributed by atoms with Crippen molar-refractivity contribution < 1.29 is 23.8 Å². The lowest BCUT2D eigenvalue weighted by Gasteiger charge is -2.33. The van der Waals surface area contributed by atoms with Crippen LogP contribution in [-0.4, -0.2) is 31.3 Å². The van der Waals surface area contributed by atoms with Crippen molar-refractivity contribution >= 4 is 11.9 Å². The zero-order valence-corrected chi connectivity index (χ0v) is 16.7. The molecule has 1 aromatic carbocycles. The van der Waals surface area contributed by atoms with Crippen LogP contribution < -0.4 is 0 Å². The lowest BCUT2D eigenvalue weighted by molar-refractivity contribution is -0.170. The van der Waals surface area contributed by atoms with E-state index >= 15 is 0 Å². The molecule has 5 heteroatoms. The number of carbonyl (C=O) groups is 2. The third kappa shape index (κ3) is 5.42. The highest BCUT2D eigenvalue weighted by Crippen LogP contribution is 2.38. The molecule has 0 bridgehead atoms. The molecule has 148 valence electrons. The second kappa shape index (κ2) is 9.70. The standard InChI is InChI=1S/C22H30O5/c1-5-25-20(23)22(4,21(24)26-6-2)14-16(3)18-12-19(13-18)27-15-17-10-8-7-9-11-17/h7-11,19H,5-6,12-15H2,1-4H3. The zero-order chi connectivity index (χ0) is 19.9. The van der Waals surface area contributed by atoms with Crippen molar-refractivity contribution in [3.05, 3.63) is 47.0 Å². The molecule has 5 nitrogen and oxygen atoms in total. The average Bonchev–Trinajstić information content (AvgIpc) is 2.61. The van der Waals surface area contributed by atoms with Crippen molar-refractivity contribution in [3.63, 3.8) is 0 Å². The van der Waals surface area contributed by atoms with Gasteiger partial charge in [-0.15, -0.1) is 0 Å². The maximum atomic E-state index is 12.4. The normalized spacial score (nSPS) is 16.4. The Kier molecular flexibility index (Phi) is 7.60. The monoisotopic (exact) mass is 374 g/mol. The summed E-state index contributed by atoms with van der Waals surface area (Å²) in [5.74, 6) is -1.06. The van der Waals surface area contributed by atoms with Gasteiger partial charge in [0.05, 0.1) is 25.9 Å². The lowest BCUT2D eigenvalue weighted by Crippen LogP contribution is -2.40. The summed E-state index contributed by atoms with van der Waals surface area (Å²) in [7, 11) is 0. The molecule has 0 aliphatic heterocycles. The van der Waals surface area contributed by atoms with Gasteiger partial charge in [-0.3, -0.25) is 9.59 Å². The number of carbonyl (C=O) groups excluding carboxylic acids is 2. The number of ether oxygens (including phenoxy) is 3. The summed E-state index contributed by atoms with van der Waals surface area (Å²) < 4.78 is 16.2. The number of allylic oxidation sites excluding steroid dienone is 1. The fourth-order valence-corrected chi connectivity index (χ4v) is 3.21. The SMILES string of the molecule is CCOC(=O)C(C)(CC(C)=C1CC(OCc2ccccc2)C1)C(=O)OCC. The first-order valence-corrected chi connectivity index (χ1v) is 9.58. The maximum Gasteiger partial charge on any atom is 0.323 e. The van der Waals surface area contributed by atoms with Gasteiger partial charge in [-0.2, -0.15) is 0 Å². The summed E-state index contributed by atoms with van der Waals surface area (Å²) >= 11 is 0. The Balaban J connectivity index is 1.95. The number of esters is 2. The molecule has 0 saturated heterocycles. The minimum absolute atomic E-state index is 0.187. The van der Waals surface area contributed by atoms with E-state index in [2.05, 4.69) is 0 Å². The largest absolute Gasteiger partial charge is 0.465 e. The van der Waals surface area contributed by atoms with E-state index in [9.17, 15) is 9.59 Å². The van der Waals surface area contributed by atoms with Crippen LogP contribution in [0.25, 0.3) is 0 Å². The first-order valence-electron chi connectivity index (χ1n) is 9.58. The molecule has 1 aliphatic rings. The van der Waals surface area contributed by atoms with Crippen LogP contribution in [-0.2, 0) is 30.4 Å². The summed E-state index contributed by atoms with van der Waals surface area (Å²) in [5, 5.41) is 0. The van der Waals surface area contributed by atoms with Gasteiger partial charge >= 0.3 is 11.9 Å². The molecule has 0 N–H and O–H groups in total. The first kappa shape index (κ1) is 21.2. The quantitative estimate of drug-likeness (QED) is 0.368. The molecule has 0 unspecified atom stereocenters. The molecule has 1 fully saturated rings. The highest BCUT2D eigenvalue weighted by atomic mass is 16.6. The Morgan fingerprint density at radius 3 is 2.11 bits per heavy atom. The van der Waals surface area contributed by atoms with Gasteiger partial charge in [0.1, 0.15) is 0 Å². The third-order valence-corrected chi connectivity index (χ3v) is 4.95. The molecular formula is C22H30O5. The van der Waals surface area contributed by atoms with Crippen LogP contribution in [0, 0.1) is 5.41 Å². The molecule has 1 saturated carbocycles. The number of hydrogen-bond acceptors (Lipinski definition) is 5. The van der Waals surface area contributed by atoms with E-state index in [-0.39, 0.29) is 19.3 Å². The molecule has 1 aliphatic carbocycles. The van der Waals surface area contributed by atoms with Crippen molar-refractivity contribution in [2.75, 3.05) is 13.2 Å². The molecule has 0 heterocycles. The van der Waals surface area contributed by atoms with Crippen molar-refractivity contribution in [3.8, 4) is 0 Å². The van der Waals surface area contributed by atoms with Crippen LogP contribution in [0.4, 0.5) is 0 Å². The third-order valence-electron chi connectivity index (χ3n) is 4.95. The van der Waals surface area contributed by atoms with Gasteiger partial charge in [-0.25, -0.2) is 0 Å². The fourth-order valence-electron chi connectivity index (χ4n) is 3.21. The second-order valence-corrected chi connectivity index (χ2v) is 7.16. The molecule has 0 amide bonds. The summed E-state index contributed by atoms with van der Waals surface area (Å²) in [5.41, 5.74) is 2.13. The smallest absolute Gasteiger partial charge is 0.323 e. The van der Waals surface area contributed by atoms with Crippen molar-refractivity contribution in [1.29, 1.82) is 0 Å². The molecule has 0 atom stereocenters. The van der Waals surface area contributed by atoms with Crippen LogP contribution in [0.5, 0.6) is 0 Å². The summed E-state index contributed by atoms with van der Waals surface area (Å²) in [4.78, 5) is 24.8. The lowest BCUT2D eigenvalue weighted by atomic mass is 9.77. The molecule has 2 rings (SSSR count). The molecule has 0 spiro atoms. The van der Waals surface area contributed by atoms with E-state index in [1.54, 1.807) is 20.8 Å². The molecule has 0 aromatic heterocycles. The Hall–Kier alpha value is -2.14. The van der Waals surface area contributed by atoms with Crippen molar-refractivity contribution in [2.24, 2.45) is 5.41 Å². The van der Waals surface area contributed by atoms with Crippen LogP contribution in [0.15, 0.2) is 41.5 Å². The molecule has 0 radical (unpaired) electrons. The van der Waals surface area contributed by atoms with Crippen LogP contribution in [0.3, 0.4) is 0 Å². The van der Waals surface area contributed by atoms with Gasteiger partial charge < -0.3 is 14.2 Å². The predicted molar refractivity (Wildman–Crippen MR) is 103 cm³/mol. The van der Waals surface area contributed by atoms with E-state index in [0.717, 1.165) is 24.0 Å². The first-order chi connectivity index (χ1) is 12.9. The van der Waals surface area contributed by atoms with Gasteiger partial charge in [0.25, 0.3) is 0 Å². The number of hydrogen-bond donors (Lipinski definition) is 0. The summed E-state index contributed by atoms with van der Waals surface area (Å²) in [6.07, 6.45) is 2.17. The zero-order valence-electron chi connectivity index (χ0n) is 16.7. The van der Waals surface area contributed by atoms with E-state index in [4.69, 9.17) is 14.2 Å². The molecule has 1 aromatic rings. The average molecular weight is 374 g/mol. The Morgan fingerprint density at radius 1 is 1.04 bits per heavy atom. The predicted octanol–water partition coefficient (Wildman–Crippen LogP) is 4.20. The van der Waals surface area contributed by atoms with Crippen molar-refractivity contribution in [2.45, 2.75) is 59.7 Å². The van der Waals surface area contributed by atoms with Crippen LogP contribution >= 0.6 is 0 Å². The van der Waals surface area contributed by atoms with E-state index in [1.807, 2.05) is 37.3 Å².